The van der Waals surface area contributed by atoms with Crippen LogP contribution in [0.15, 0.2) is 16.5 Å². The van der Waals surface area contributed by atoms with Crippen LogP contribution in [-0.4, -0.2) is 28.7 Å². The maximum absolute atomic E-state index is 12.3. The van der Waals surface area contributed by atoms with Crippen molar-refractivity contribution in [2.24, 2.45) is 0 Å². The summed E-state index contributed by atoms with van der Waals surface area (Å²) in [7, 11) is -0.910. The first-order valence-electron chi connectivity index (χ1n) is 6.97. The summed E-state index contributed by atoms with van der Waals surface area (Å²) >= 11 is 0. The van der Waals surface area contributed by atoms with Gasteiger partial charge in [-0.3, -0.25) is 4.21 Å². The van der Waals surface area contributed by atoms with Gasteiger partial charge in [0.1, 0.15) is 11.5 Å². The van der Waals surface area contributed by atoms with Crippen LogP contribution in [0.4, 0.5) is 0 Å². The maximum Gasteiger partial charge on any atom is 0.118 e. The molecule has 0 saturated carbocycles. The third-order valence-corrected chi connectivity index (χ3v) is 5.24. The Morgan fingerprint density at radius 1 is 1.42 bits per heavy atom. The normalized spacial score (nSPS) is 24.7. The van der Waals surface area contributed by atoms with Gasteiger partial charge in [-0.2, -0.15) is 0 Å². The molecular formula is C14H23NO3S. The van der Waals surface area contributed by atoms with Crippen molar-refractivity contribution in [3.05, 3.63) is 23.7 Å². The van der Waals surface area contributed by atoms with E-state index in [1.165, 1.54) is 0 Å². The van der Waals surface area contributed by atoms with E-state index in [9.17, 15) is 4.21 Å². The summed E-state index contributed by atoms with van der Waals surface area (Å²) in [6.45, 7) is 6.58. The molecule has 5 heteroatoms. The van der Waals surface area contributed by atoms with Crippen LogP contribution in [0.2, 0.25) is 0 Å². The minimum Gasteiger partial charge on any atom is -0.464 e. The van der Waals surface area contributed by atoms with Gasteiger partial charge in [-0.25, -0.2) is 0 Å². The van der Waals surface area contributed by atoms with E-state index in [0.717, 1.165) is 44.1 Å². The fraction of sp³-hybridized carbons (Fsp3) is 0.714. The highest BCUT2D eigenvalue weighted by Gasteiger charge is 2.29. The molecule has 1 aliphatic rings. The molecule has 1 aromatic heterocycles. The minimum absolute atomic E-state index is 0.0986. The Morgan fingerprint density at radius 2 is 2.21 bits per heavy atom. The summed E-state index contributed by atoms with van der Waals surface area (Å²) in [5, 5.41) is 3.44. The number of nitrogens with one attached hydrogen (secondary N) is 1. The van der Waals surface area contributed by atoms with E-state index >= 15 is 0 Å². The predicted molar refractivity (Wildman–Crippen MR) is 76.4 cm³/mol. The molecule has 4 nitrogen and oxygen atoms in total. The molecule has 0 bridgehead atoms. The summed E-state index contributed by atoms with van der Waals surface area (Å²) in [6.07, 6.45) is 2.10. The first kappa shape index (κ1) is 14.8. The molecule has 3 unspecified atom stereocenters. The molecule has 1 N–H and O–H groups in total. The lowest BCUT2D eigenvalue weighted by Gasteiger charge is -2.12. The molecule has 0 spiro atoms. The number of hydrogen-bond acceptors (Lipinski definition) is 4. The second-order valence-corrected chi connectivity index (χ2v) is 6.63. The van der Waals surface area contributed by atoms with Gasteiger partial charge in [0.05, 0.1) is 23.7 Å². The molecule has 0 aromatic carbocycles. The smallest absolute Gasteiger partial charge is 0.118 e. The molecule has 19 heavy (non-hydrogen) atoms. The molecule has 3 atom stereocenters. The Hall–Kier alpha value is -0.650. The Morgan fingerprint density at radius 3 is 2.89 bits per heavy atom. The number of hydrogen-bond donors (Lipinski definition) is 1. The van der Waals surface area contributed by atoms with Crippen LogP contribution in [-0.2, 0) is 27.8 Å². The van der Waals surface area contributed by atoms with Gasteiger partial charge in [-0.05, 0) is 38.4 Å². The van der Waals surface area contributed by atoms with Gasteiger partial charge in [0.2, 0.25) is 0 Å². The van der Waals surface area contributed by atoms with Gasteiger partial charge in [0.15, 0.2) is 0 Å². The molecule has 1 aliphatic heterocycles. The van der Waals surface area contributed by atoms with Crippen LogP contribution in [0, 0.1) is 0 Å². The monoisotopic (exact) mass is 285 g/mol. The predicted octanol–water partition coefficient (Wildman–Crippen LogP) is 2.21. The fourth-order valence-corrected chi connectivity index (χ4v) is 3.80. The highest BCUT2D eigenvalue weighted by atomic mass is 32.2. The van der Waals surface area contributed by atoms with Crippen molar-refractivity contribution in [3.8, 4) is 0 Å². The van der Waals surface area contributed by atoms with E-state index in [2.05, 4.69) is 12.2 Å². The molecule has 0 radical (unpaired) electrons. The minimum atomic E-state index is -0.910. The van der Waals surface area contributed by atoms with Gasteiger partial charge < -0.3 is 14.5 Å². The highest BCUT2D eigenvalue weighted by molar-refractivity contribution is 7.84. The van der Waals surface area contributed by atoms with Crippen molar-refractivity contribution in [1.82, 2.24) is 5.32 Å². The summed E-state index contributed by atoms with van der Waals surface area (Å²) < 4.78 is 23.4. The van der Waals surface area contributed by atoms with Gasteiger partial charge in [0, 0.05) is 17.4 Å². The van der Waals surface area contributed by atoms with E-state index in [1.54, 1.807) is 0 Å². The largest absolute Gasteiger partial charge is 0.464 e. The molecule has 1 fully saturated rings. The molecule has 108 valence electrons. The lowest BCUT2D eigenvalue weighted by atomic mass is 10.3. The van der Waals surface area contributed by atoms with Gasteiger partial charge in [-0.1, -0.05) is 6.92 Å². The van der Waals surface area contributed by atoms with E-state index in [1.807, 2.05) is 19.1 Å². The Balaban J connectivity index is 1.83. The second-order valence-electron chi connectivity index (χ2n) is 4.97. The molecular weight excluding hydrogens is 262 g/mol. The van der Waals surface area contributed by atoms with Crippen molar-refractivity contribution in [2.75, 3.05) is 13.2 Å². The number of rotatable bonds is 7. The zero-order chi connectivity index (χ0) is 13.7. The number of furan rings is 1. The van der Waals surface area contributed by atoms with Gasteiger partial charge in [-0.15, -0.1) is 0 Å². The summed E-state index contributed by atoms with van der Waals surface area (Å²) in [4.78, 5) is 0. The van der Waals surface area contributed by atoms with Gasteiger partial charge in [0.25, 0.3) is 0 Å². The first-order valence-corrected chi connectivity index (χ1v) is 8.36. The topological polar surface area (TPSA) is 51.5 Å². The third kappa shape index (κ3) is 4.16. The zero-order valence-electron chi connectivity index (χ0n) is 11.7. The Bertz CT molecular complexity index is 419. The molecule has 1 saturated heterocycles. The lowest BCUT2D eigenvalue weighted by Crippen LogP contribution is -2.23. The Labute approximate surface area is 117 Å². The fourth-order valence-electron chi connectivity index (χ4n) is 2.29. The van der Waals surface area contributed by atoms with Crippen molar-refractivity contribution in [3.63, 3.8) is 0 Å². The molecule has 2 rings (SSSR count). The third-order valence-electron chi connectivity index (χ3n) is 3.37. The van der Waals surface area contributed by atoms with Crippen LogP contribution < -0.4 is 5.32 Å². The first-order chi connectivity index (χ1) is 9.20. The average Bonchev–Trinajstić information content (AvgIpc) is 2.99. The quantitative estimate of drug-likeness (QED) is 0.780. The van der Waals surface area contributed by atoms with E-state index in [0.29, 0.717) is 5.75 Å². The van der Waals surface area contributed by atoms with Crippen LogP contribution in [0.5, 0.6) is 0 Å². The van der Waals surface area contributed by atoms with E-state index < -0.39 is 10.8 Å². The van der Waals surface area contributed by atoms with Gasteiger partial charge >= 0.3 is 0 Å². The van der Waals surface area contributed by atoms with Crippen molar-refractivity contribution in [1.29, 1.82) is 0 Å². The summed E-state index contributed by atoms with van der Waals surface area (Å²) in [5.41, 5.74) is 0. The summed E-state index contributed by atoms with van der Waals surface area (Å²) in [6, 6.07) is 3.89. The van der Waals surface area contributed by atoms with E-state index in [4.69, 9.17) is 9.15 Å². The van der Waals surface area contributed by atoms with Crippen LogP contribution in [0.1, 0.15) is 38.2 Å². The molecule has 0 aliphatic carbocycles. The maximum atomic E-state index is 12.3. The molecule has 1 aromatic rings. The number of ether oxygens (including phenoxy) is 1. The van der Waals surface area contributed by atoms with Crippen LogP contribution in [0.3, 0.4) is 0 Å². The van der Waals surface area contributed by atoms with Crippen LogP contribution >= 0.6 is 0 Å². The van der Waals surface area contributed by atoms with Crippen molar-refractivity contribution >= 4 is 10.8 Å². The zero-order valence-corrected chi connectivity index (χ0v) is 12.5. The molecule has 0 amide bonds. The van der Waals surface area contributed by atoms with E-state index in [-0.39, 0.29) is 11.4 Å². The molecule has 2 heterocycles. The summed E-state index contributed by atoms with van der Waals surface area (Å²) in [5.74, 6) is 2.22. The standard InChI is InChI=1S/C14H23NO3S/c1-3-7-15-9-12-4-5-13(18-12)10-19(16)14-6-8-17-11(14)2/h4-5,11,14-15H,3,6-10H2,1-2H3. The lowest BCUT2D eigenvalue weighted by molar-refractivity contribution is 0.127. The highest BCUT2D eigenvalue weighted by Crippen LogP contribution is 2.21. The average molecular weight is 285 g/mol. The van der Waals surface area contributed by atoms with Crippen LogP contribution in [0.25, 0.3) is 0 Å². The van der Waals surface area contributed by atoms with Crippen molar-refractivity contribution in [2.45, 2.75) is 50.3 Å². The van der Waals surface area contributed by atoms with Crippen molar-refractivity contribution < 1.29 is 13.4 Å². The SMILES string of the molecule is CCCNCc1ccc(CS(=O)C2CCOC2C)o1. The second kappa shape index (κ2) is 7.22. The Kier molecular flexibility index (Phi) is 5.60.